The van der Waals surface area contributed by atoms with E-state index in [0.29, 0.717) is 6.54 Å². The second-order valence-electron chi connectivity index (χ2n) is 5.06. The highest BCUT2D eigenvalue weighted by Gasteiger charge is 2.13. The van der Waals surface area contributed by atoms with E-state index in [4.69, 9.17) is 0 Å². The lowest BCUT2D eigenvalue weighted by Crippen LogP contribution is -2.13. The molecule has 0 saturated heterocycles. The van der Waals surface area contributed by atoms with E-state index < -0.39 is 6.10 Å². The van der Waals surface area contributed by atoms with Crippen molar-refractivity contribution in [3.8, 4) is 0 Å². The SMILES string of the molecule is Cc1cc(C)c(C(O)Cn2ccc(=O)cc2)c(C)c1. The molecule has 3 nitrogen and oxygen atoms in total. The minimum absolute atomic E-state index is 0.0200. The Morgan fingerprint density at radius 2 is 1.63 bits per heavy atom. The Balaban J connectivity index is 2.27. The van der Waals surface area contributed by atoms with Crippen LogP contribution in [0.5, 0.6) is 0 Å². The predicted octanol–water partition coefficient (Wildman–Crippen LogP) is 2.51. The van der Waals surface area contributed by atoms with Crippen LogP contribution in [0, 0.1) is 20.8 Å². The van der Waals surface area contributed by atoms with E-state index in [1.54, 1.807) is 12.4 Å². The van der Waals surface area contributed by atoms with E-state index in [9.17, 15) is 9.90 Å². The summed E-state index contributed by atoms with van der Waals surface area (Å²) in [6, 6.07) is 7.16. The smallest absolute Gasteiger partial charge is 0.181 e. The molecule has 1 unspecified atom stereocenters. The first-order valence-corrected chi connectivity index (χ1v) is 6.39. The minimum atomic E-state index is -0.567. The van der Waals surface area contributed by atoms with Crippen LogP contribution < -0.4 is 5.43 Å². The van der Waals surface area contributed by atoms with Crippen LogP contribution >= 0.6 is 0 Å². The number of aliphatic hydroxyl groups excluding tert-OH is 1. The Labute approximate surface area is 113 Å². The third-order valence-electron chi connectivity index (χ3n) is 3.32. The third kappa shape index (κ3) is 3.12. The van der Waals surface area contributed by atoms with Crippen molar-refractivity contribution < 1.29 is 5.11 Å². The van der Waals surface area contributed by atoms with Gasteiger partial charge in [-0.25, -0.2) is 0 Å². The summed E-state index contributed by atoms with van der Waals surface area (Å²) in [5, 5.41) is 10.4. The number of aliphatic hydroxyl groups is 1. The third-order valence-corrected chi connectivity index (χ3v) is 3.32. The molecule has 1 heterocycles. The molecule has 0 spiro atoms. The molecule has 0 radical (unpaired) electrons. The average Bonchev–Trinajstić information content (AvgIpc) is 2.30. The van der Waals surface area contributed by atoms with Crippen LogP contribution in [-0.2, 0) is 6.54 Å². The molecule has 100 valence electrons. The van der Waals surface area contributed by atoms with E-state index in [1.165, 1.54) is 17.7 Å². The van der Waals surface area contributed by atoms with E-state index in [1.807, 2.05) is 18.4 Å². The van der Waals surface area contributed by atoms with Crippen LogP contribution in [0.2, 0.25) is 0 Å². The summed E-state index contributed by atoms with van der Waals surface area (Å²) in [7, 11) is 0. The molecule has 2 aromatic rings. The predicted molar refractivity (Wildman–Crippen MR) is 76.3 cm³/mol. The molecule has 19 heavy (non-hydrogen) atoms. The molecule has 0 aliphatic heterocycles. The van der Waals surface area contributed by atoms with Crippen LogP contribution in [0.4, 0.5) is 0 Å². The molecule has 1 N–H and O–H groups in total. The van der Waals surface area contributed by atoms with Gasteiger partial charge in [0.25, 0.3) is 0 Å². The number of aromatic nitrogens is 1. The summed E-state index contributed by atoms with van der Waals surface area (Å²) in [6.07, 6.45) is 2.83. The van der Waals surface area contributed by atoms with Crippen LogP contribution in [0.15, 0.2) is 41.5 Å². The van der Waals surface area contributed by atoms with Gasteiger partial charge in [-0.2, -0.15) is 0 Å². The zero-order chi connectivity index (χ0) is 14.0. The number of hydrogen-bond donors (Lipinski definition) is 1. The summed E-state index contributed by atoms with van der Waals surface area (Å²) in [5.41, 5.74) is 4.36. The number of nitrogens with zero attached hydrogens (tertiary/aromatic N) is 1. The van der Waals surface area contributed by atoms with Crippen LogP contribution in [0.3, 0.4) is 0 Å². The van der Waals surface area contributed by atoms with Gasteiger partial charge < -0.3 is 9.67 Å². The maximum Gasteiger partial charge on any atom is 0.181 e. The van der Waals surface area contributed by atoms with Gasteiger partial charge in [0.15, 0.2) is 5.43 Å². The summed E-state index contributed by atoms with van der Waals surface area (Å²) in [4.78, 5) is 11.0. The average molecular weight is 257 g/mol. The van der Waals surface area contributed by atoms with Gasteiger partial charge >= 0.3 is 0 Å². The zero-order valence-corrected chi connectivity index (χ0v) is 11.6. The molecule has 0 fully saturated rings. The lowest BCUT2D eigenvalue weighted by Gasteiger charge is -2.18. The fourth-order valence-corrected chi connectivity index (χ4v) is 2.57. The van der Waals surface area contributed by atoms with Crippen molar-refractivity contribution in [2.75, 3.05) is 0 Å². The van der Waals surface area contributed by atoms with Gasteiger partial charge in [0.1, 0.15) is 0 Å². The molecular formula is C16H19NO2. The van der Waals surface area contributed by atoms with Crippen molar-refractivity contribution in [3.05, 3.63) is 69.1 Å². The highest BCUT2D eigenvalue weighted by atomic mass is 16.3. The van der Waals surface area contributed by atoms with Gasteiger partial charge in [-0.3, -0.25) is 4.79 Å². The summed E-state index contributed by atoms with van der Waals surface area (Å²) in [5.74, 6) is 0. The highest BCUT2D eigenvalue weighted by molar-refractivity contribution is 5.38. The molecule has 1 aromatic heterocycles. The first-order valence-electron chi connectivity index (χ1n) is 6.39. The standard InChI is InChI=1S/C16H19NO2/c1-11-8-12(2)16(13(3)9-11)15(19)10-17-6-4-14(18)5-7-17/h4-9,15,19H,10H2,1-3H3. The van der Waals surface area contributed by atoms with Gasteiger partial charge in [-0.05, 0) is 37.5 Å². The second kappa shape index (κ2) is 5.41. The van der Waals surface area contributed by atoms with Crippen molar-refractivity contribution in [1.82, 2.24) is 4.57 Å². The Hall–Kier alpha value is -1.87. The fraction of sp³-hybridized carbons (Fsp3) is 0.312. The molecule has 2 rings (SSSR count). The summed E-state index contributed by atoms with van der Waals surface area (Å²) >= 11 is 0. The van der Waals surface area contributed by atoms with Crippen LogP contribution in [-0.4, -0.2) is 9.67 Å². The maximum absolute atomic E-state index is 11.0. The molecule has 3 heteroatoms. The Kier molecular flexibility index (Phi) is 3.86. The van der Waals surface area contributed by atoms with Crippen molar-refractivity contribution in [3.63, 3.8) is 0 Å². The second-order valence-corrected chi connectivity index (χ2v) is 5.06. The van der Waals surface area contributed by atoms with Gasteiger partial charge in [0.2, 0.25) is 0 Å². The van der Waals surface area contributed by atoms with Crippen LogP contribution in [0.1, 0.15) is 28.4 Å². The van der Waals surface area contributed by atoms with Gasteiger partial charge in [-0.15, -0.1) is 0 Å². The van der Waals surface area contributed by atoms with Gasteiger partial charge in [0, 0.05) is 24.5 Å². The fourth-order valence-electron chi connectivity index (χ4n) is 2.57. The Morgan fingerprint density at radius 3 is 2.16 bits per heavy atom. The van der Waals surface area contributed by atoms with Crippen molar-refractivity contribution >= 4 is 0 Å². The van der Waals surface area contributed by atoms with E-state index in [0.717, 1.165) is 16.7 Å². The first-order chi connectivity index (χ1) is 8.97. The quantitative estimate of drug-likeness (QED) is 0.918. The highest BCUT2D eigenvalue weighted by Crippen LogP contribution is 2.24. The lowest BCUT2D eigenvalue weighted by atomic mass is 9.95. The minimum Gasteiger partial charge on any atom is -0.387 e. The number of pyridine rings is 1. The number of rotatable bonds is 3. The Morgan fingerprint density at radius 1 is 1.11 bits per heavy atom. The molecule has 1 atom stereocenters. The lowest BCUT2D eigenvalue weighted by molar-refractivity contribution is 0.155. The topological polar surface area (TPSA) is 42.2 Å². The Bertz CT molecular complexity index is 600. The number of benzene rings is 1. The van der Waals surface area contributed by atoms with Gasteiger partial charge in [0.05, 0.1) is 12.6 Å². The number of hydrogen-bond acceptors (Lipinski definition) is 2. The molecule has 0 amide bonds. The molecule has 0 bridgehead atoms. The summed E-state index contributed by atoms with van der Waals surface area (Å²) in [6.45, 7) is 6.54. The van der Waals surface area contributed by atoms with E-state index >= 15 is 0 Å². The van der Waals surface area contributed by atoms with Crippen molar-refractivity contribution in [2.45, 2.75) is 33.4 Å². The molecule has 0 aliphatic rings. The zero-order valence-electron chi connectivity index (χ0n) is 11.6. The van der Waals surface area contributed by atoms with Crippen molar-refractivity contribution in [2.24, 2.45) is 0 Å². The molecule has 0 aliphatic carbocycles. The van der Waals surface area contributed by atoms with E-state index in [2.05, 4.69) is 19.1 Å². The number of aryl methyl sites for hydroxylation is 3. The normalized spacial score (nSPS) is 12.4. The van der Waals surface area contributed by atoms with E-state index in [-0.39, 0.29) is 5.43 Å². The molecule has 1 aromatic carbocycles. The molecular weight excluding hydrogens is 238 g/mol. The molecule has 0 saturated carbocycles. The summed E-state index contributed by atoms with van der Waals surface area (Å²) < 4.78 is 1.82. The van der Waals surface area contributed by atoms with Crippen molar-refractivity contribution in [1.29, 1.82) is 0 Å². The monoisotopic (exact) mass is 257 g/mol. The first kappa shape index (κ1) is 13.6. The van der Waals surface area contributed by atoms with Crippen LogP contribution in [0.25, 0.3) is 0 Å². The largest absolute Gasteiger partial charge is 0.387 e. The van der Waals surface area contributed by atoms with Gasteiger partial charge in [-0.1, -0.05) is 17.7 Å². The maximum atomic E-state index is 11.0.